The number of hydrogen-bond donors (Lipinski definition) is 1. The van der Waals surface area contributed by atoms with Crippen molar-refractivity contribution in [1.29, 1.82) is 0 Å². The van der Waals surface area contributed by atoms with Gasteiger partial charge in [-0.05, 0) is 36.2 Å². The minimum absolute atomic E-state index is 0.210. The van der Waals surface area contributed by atoms with Crippen LogP contribution in [0.15, 0.2) is 17.3 Å². The lowest BCUT2D eigenvalue weighted by Crippen LogP contribution is -2.06. The highest BCUT2D eigenvalue weighted by Crippen LogP contribution is 2.30. The molecule has 0 bridgehead atoms. The molecular weight excluding hydrogens is 180 g/mol. The van der Waals surface area contributed by atoms with E-state index in [0.29, 0.717) is 11.4 Å². The number of benzene rings is 1. The van der Waals surface area contributed by atoms with Crippen LogP contribution in [0.25, 0.3) is 0 Å². The molecule has 0 unspecified atom stereocenters. The minimum atomic E-state index is -0.210. The Kier molecular flexibility index (Phi) is 2.96. The van der Waals surface area contributed by atoms with E-state index in [2.05, 4.69) is 10.5 Å². The normalized spacial score (nSPS) is 9.64. The van der Waals surface area contributed by atoms with Crippen LogP contribution in [0.1, 0.15) is 18.1 Å². The number of carbonyl (C=O) groups excluding carboxylic acids is 1. The average Bonchev–Trinajstić information content (AvgIpc) is 2.11. The number of amides is 1. The number of nitrogens with one attached hydrogen (secondary N) is 1. The number of rotatable bonds is 2. The van der Waals surface area contributed by atoms with E-state index in [1.807, 2.05) is 13.0 Å². The topological polar surface area (TPSA) is 58.5 Å². The van der Waals surface area contributed by atoms with E-state index >= 15 is 0 Å². The molecule has 0 radical (unpaired) electrons. The number of aryl methyl sites for hydroxylation is 1. The largest absolute Gasteiger partial charge is 0.324 e. The van der Waals surface area contributed by atoms with Crippen molar-refractivity contribution in [3.05, 3.63) is 28.2 Å². The first-order valence-corrected chi connectivity index (χ1v) is 4.27. The van der Waals surface area contributed by atoms with Gasteiger partial charge < -0.3 is 5.32 Å². The van der Waals surface area contributed by atoms with Crippen LogP contribution < -0.4 is 5.32 Å². The SMILES string of the molecule is CC(=O)Nc1ccc(C)c(C)c1N=O. The lowest BCUT2D eigenvalue weighted by atomic mass is 10.1. The van der Waals surface area contributed by atoms with Crippen molar-refractivity contribution in [2.45, 2.75) is 20.8 Å². The Labute approximate surface area is 82.3 Å². The van der Waals surface area contributed by atoms with Crippen molar-refractivity contribution in [3.63, 3.8) is 0 Å². The molecule has 0 atom stereocenters. The Morgan fingerprint density at radius 2 is 2.00 bits per heavy atom. The third-order valence-corrected chi connectivity index (χ3v) is 2.10. The van der Waals surface area contributed by atoms with Crippen LogP contribution in [0.3, 0.4) is 0 Å². The first-order valence-electron chi connectivity index (χ1n) is 4.27. The zero-order valence-electron chi connectivity index (χ0n) is 8.42. The number of carbonyl (C=O) groups is 1. The molecule has 1 N–H and O–H groups in total. The molecule has 14 heavy (non-hydrogen) atoms. The lowest BCUT2D eigenvalue weighted by Gasteiger charge is -2.08. The van der Waals surface area contributed by atoms with Crippen molar-refractivity contribution in [3.8, 4) is 0 Å². The smallest absolute Gasteiger partial charge is 0.221 e. The molecule has 0 aliphatic carbocycles. The van der Waals surface area contributed by atoms with Gasteiger partial charge in [0, 0.05) is 6.92 Å². The molecule has 0 heterocycles. The summed E-state index contributed by atoms with van der Waals surface area (Å²) in [7, 11) is 0. The fourth-order valence-corrected chi connectivity index (χ4v) is 1.21. The fraction of sp³-hybridized carbons (Fsp3) is 0.300. The maximum atomic E-state index is 10.8. The summed E-state index contributed by atoms with van der Waals surface area (Å²) in [6, 6.07) is 3.52. The third kappa shape index (κ3) is 1.96. The summed E-state index contributed by atoms with van der Waals surface area (Å²) in [4.78, 5) is 21.4. The Hall–Kier alpha value is -1.71. The Bertz CT molecular complexity index is 386. The molecule has 4 nitrogen and oxygen atoms in total. The van der Waals surface area contributed by atoms with Crippen molar-refractivity contribution < 1.29 is 4.79 Å². The van der Waals surface area contributed by atoms with Crippen LogP contribution in [-0.2, 0) is 4.79 Å². The highest BCUT2D eigenvalue weighted by molar-refractivity contribution is 5.92. The number of nitroso groups, excluding NO2 is 1. The zero-order chi connectivity index (χ0) is 10.7. The average molecular weight is 192 g/mol. The van der Waals surface area contributed by atoms with Gasteiger partial charge in [0.15, 0.2) is 0 Å². The molecule has 0 aliphatic rings. The molecule has 1 amide bonds. The van der Waals surface area contributed by atoms with Crippen molar-refractivity contribution >= 4 is 17.3 Å². The van der Waals surface area contributed by atoms with E-state index in [1.54, 1.807) is 13.0 Å². The van der Waals surface area contributed by atoms with Crippen LogP contribution in [0, 0.1) is 18.8 Å². The predicted molar refractivity (Wildman–Crippen MR) is 55.7 cm³/mol. The van der Waals surface area contributed by atoms with E-state index < -0.39 is 0 Å². The monoisotopic (exact) mass is 192 g/mol. The minimum Gasteiger partial charge on any atom is -0.324 e. The first-order chi connectivity index (χ1) is 6.56. The van der Waals surface area contributed by atoms with Gasteiger partial charge in [0.2, 0.25) is 5.91 Å². The Balaban J connectivity index is 3.23. The van der Waals surface area contributed by atoms with E-state index in [1.165, 1.54) is 6.92 Å². The molecule has 1 aromatic rings. The van der Waals surface area contributed by atoms with Gasteiger partial charge in [0.1, 0.15) is 5.69 Å². The second kappa shape index (κ2) is 4.00. The third-order valence-electron chi connectivity index (χ3n) is 2.10. The van der Waals surface area contributed by atoms with Crippen molar-refractivity contribution in [2.24, 2.45) is 5.18 Å². The molecule has 0 saturated heterocycles. The summed E-state index contributed by atoms with van der Waals surface area (Å²) >= 11 is 0. The summed E-state index contributed by atoms with van der Waals surface area (Å²) in [5.41, 5.74) is 2.55. The van der Waals surface area contributed by atoms with Gasteiger partial charge in [-0.15, -0.1) is 4.91 Å². The van der Waals surface area contributed by atoms with Gasteiger partial charge in [-0.3, -0.25) is 4.79 Å². The fourth-order valence-electron chi connectivity index (χ4n) is 1.21. The molecule has 74 valence electrons. The summed E-state index contributed by atoms with van der Waals surface area (Å²) in [5, 5.41) is 5.48. The molecule has 1 aromatic carbocycles. The van der Waals surface area contributed by atoms with Crippen LogP contribution in [0.2, 0.25) is 0 Å². The molecule has 0 aromatic heterocycles. The van der Waals surface area contributed by atoms with Gasteiger partial charge >= 0.3 is 0 Å². The molecule has 0 saturated carbocycles. The zero-order valence-corrected chi connectivity index (χ0v) is 8.42. The summed E-state index contributed by atoms with van der Waals surface area (Å²) < 4.78 is 0. The molecule has 0 fully saturated rings. The van der Waals surface area contributed by atoms with Crippen molar-refractivity contribution in [2.75, 3.05) is 5.32 Å². The quantitative estimate of drug-likeness (QED) is 0.732. The van der Waals surface area contributed by atoms with Crippen LogP contribution >= 0.6 is 0 Å². The first kappa shape index (κ1) is 10.4. The maximum Gasteiger partial charge on any atom is 0.221 e. The van der Waals surface area contributed by atoms with E-state index in [0.717, 1.165) is 11.1 Å². The maximum absolute atomic E-state index is 10.8. The van der Waals surface area contributed by atoms with E-state index in [4.69, 9.17) is 0 Å². The van der Waals surface area contributed by atoms with Gasteiger partial charge in [0.05, 0.1) is 5.69 Å². The Morgan fingerprint density at radius 1 is 1.36 bits per heavy atom. The molecule has 4 heteroatoms. The molecular formula is C10H12N2O2. The predicted octanol–water partition coefficient (Wildman–Crippen LogP) is 2.66. The second-order valence-corrected chi connectivity index (χ2v) is 3.18. The van der Waals surface area contributed by atoms with Crippen LogP contribution in [0.5, 0.6) is 0 Å². The van der Waals surface area contributed by atoms with Gasteiger partial charge in [-0.25, -0.2) is 0 Å². The van der Waals surface area contributed by atoms with Crippen LogP contribution in [0.4, 0.5) is 11.4 Å². The standard InChI is InChI=1S/C10H12N2O2/c1-6-4-5-9(11-8(3)13)10(12-14)7(6)2/h4-5H,1-3H3,(H,11,13). The molecule has 1 rings (SSSR count). The highest BCUT2D eigenvalue weighted by Gasteiger charge is 2.09. The summed E-state index contributed by atoms with van der Waals surface area (Å²) in [5.74, 6) is -0.210. The van der Waals surface area contributed by atoms with Crippen molar-refractivity contribution in [1.82, 2.24) is 0 Å². The van der Waals surface area contributed by atoms with Gasteiger partial charge in [0.25, 0.3) is 0 Å². The van der Waals surface area contributed by atoms with Gasteiger partial charge in [-0.2, -0.15) is 0 Å². The Morgan fingerprint density at radius 3 is 2.50 bits per heavy atom. The molecule has 0 spiro atoms. The van der Waals surface area contributed by atoms with E-state index in [9.17, 15) is 9.70 Å². The highest BCUT2D eigenvalue weighted by atomic mass is 16.3. The number of hydrogen-bond acceptors (Lipinski definition) is 3. The summed E-state index contributed by atoms with van der Waals surface area (Å²) in [6.07, 6.45) is 0. The second-order valence-electron chi connectivity index (χ2n) is 3.18. The van der Waals surface area contributed by atoms with Gasteiger partial charge in [-0.1, -0.05) is 6.07 Å². The van der Waals surface area contributed by atoms with Crippen LogP contribution in [-0.4, -0.2) is 5.91 Å². The lowest BCUT2D eigenvalue weighted by molar-refractivity contribution is -0.114. The number of nitrogens with zero attached hydrogens (tertiary/aromatic N) is 1. The van der Waals surface area contributed by atoms with E-state index in [-0.39, 0.29) is 5.91 Å². The number of anilines is 1. The summed E-state index contributed by atoms with van der Waals surface area (Å²) in [6.45, 7) is 5.09. The molecule has 0 aliphatic heterocycles.